The van der Waals surface area contributed by atoms with E-state index in [1.165, 1.54) is 16.4 Å². The maximum absolute atomic E-state index is 12.5. The fourth-order valence-electron chi connectivity index (χ4n) is 1.57. The molecule has 0 aromatic heterocycles. The van der Waals surface area contributed by atoms with Crippen LogP contribution in [-0.4, -0.2) is 31.7 Å². The molecule has 7 heteroatoms. The quantitative estimate of drug-likeness (QED) is 0.658. The molecule has 0 fully saturated rings. The van der Waals surface area contributed by atoms with Gasteiger partial charge in [0, 0.05) is 23.4 Å². The van der Waals surface area contributed by atoms with Gasteiger partial charge in [0.25, 0.3) is 0 Å². The lowest BCUT2D eigenvalue weighted by atomic mass is 10.3. The van der Waals surface area contributed by atoms with E-state index in [-0.39, 0.29) is 10.8 Å². The van der Waals surface area contributed by atoms with Gasteiger partial charge in [-0.2, -0.15) is 4.31 Å². The number of rotatable bonds is 7. The molecule has 1 rings (SSSR count). The molecule has 0 aliphatic rings. The van der Waals surface area contributed by atoms with Crippen LogP contribution in [0, 0.1) is 0 Å². The van der Waals surface area contributed by atoms with Gasteiger partial charge < -0.3 is 0 Å². The fourth-order valence-corrected chi connectivity index (χ4v) is 4.03. The average Bonchev–Trinajstić information content (AvgIpc) is 2.37. The summed E-state index contributed by atoms with van der Waals surface area (Å²) in [5.41, 5.74) is 0. The zero-order valence-electron chi connectivity index (χ0n) is 10.6. The summed E-state index contributed by atoms with van der Waals surface area (Å²) in [6.45, 7) is 2.81. The summed E-state index contributed by atoms with van der Waals surface area (Å²) in [5, 5.41) is 0.483. The first kappa shape index (κ1) is 17.2. The molecule has 108 valence electrons. The molecule has 0 saturated carbocycles. The largest absolute Gasteiger partial charge is 0.243 e. The molecule has 0 saturated heterocycles. The highest BCUT2D eigenvalue weighted by molar-refractivity contribution is 9.10. The Labute approximate surface area is 133 Å². The van der Waals surface area contributed by atoms with Gasteiger partial charge in [-0.1, -0.05) is 24.9 Å². The van der Waals surface area contributed by atoms with Crippen molar-refractivity contribution in [1.29, 1.82) is 0 Å². The first-order chi connectivity index (χ1) is 8.93. The standard InChI is InChI=1S/C12H16BrCl2NO2S/c1-2-3-7-16(8-6-14)19(17,18)10-4-5-12(15)11(13)9-10/h4-5,9H,2-3,6-8H2,1H3. The van der Waals surface area contributed by atoms with Crippen LogP contribution in [0.3, 0.4) is 0 Å². The van der Waals surface area contributed by atoms with Gasteiger partial charge in [0.05, 0.1) is 9.92 Å². The number of nitrogens with zero attached hydrogens (tertiary/aromatic N) is 1. The minimum Gasteiger partial charge on any atom is -0.207 e. The Kier molecular flexibility index (Phi) is 7.11. The van der Waals surface area contributed by atoms with Crippen LogP contribution in [0.25, 0.3) is 0 Å². The average molecular weight is 389 g/mol. The molecule has 0 heterocycles. The molecule has 0 spiro atoms. The van der Waals surface area contributed by atoms with Crippen LogP contribution in [-0.2, 0) is 10.0 Å². The smallest absolute Gasteiger partial charge is 0.207 e. The Balaban J connectivity index is 3.07. The van der Waals surface area contributed by atoms with E-state index in [4.69, 9.17) is 23.2 Å². The maximum atomic E-state index is 12.5. The lowest BCUT2D eigenvalue weighted by molar-refractivity contribution is 0.420. The second-order valence-corrected chi connectivity index (χ2v) is 7.60. The van der Waals surface area contributed by atoms with Crippen molar-refractivity contribution in [3.63, 3.8) is 0 Å². The third kappa shape index (κ3) is 4.60. The SMILES string of the molecule is CCCCN(CCCl)S(=O)(=O)c1ccc(Cl)c(Br)c1. The molecular formula is C12H16BrCl2NO2S. The summed E-state index contributed by atoms with van der Waals surface area (Å²) in [6, 6.07) is 4.59. The van der Waals surface area contributed by atoms with Crippen LogP contribution in [0.2, 0.25) is 5.02 Å². The van der Waals surface area contributed by atoms with Crippen molar-refractivity contribution in [2.45, 2.75) is 24.7 Å². The fraction of sp³-hybridized carbons (Fsp3) is 0.500. The molecule has 3 nitrogen and oxygen atoms in total. The molecule has 19 heavy (non-hydrogen) atoms. The van der Waals surface area contributed by atoms with Crippen LogP contribution in [0.4, 0.5) is 0 Å². The summed E-state index contributed by atoms with van der Waals surface area (Å²) in [4.78, 5) is 0.227. The number of halogens is 3. The van der Waals surface area contributed by atoms with Crippen molar-refractivity contribution >= 4 is 49.2 Å². The zero-order valence-corrected chi connectivity index (χ0v) is 14.5. The summed E-state index contributed by atoms with van der Waals surface area (Å²) in [6.07, 6.45) is 1.74. The van der Waals surface area contributed by atoms with Crippen LogP contribution < -0.4 is 0 Å². The maximum Gasteiger partial charge on any atom is 0.243 e. The Bertz CT molecular complexity index is 522. The summed E-state index contributed by atoms with van der Waals surface area (Å²) in [7, 11) is -3.51. The molecule has 1 aromatic rings. The molecule has 0 amide bonds. The monoisotopic (exact) mass is 387 g/mol. The van der Waals surface area contributed by atoms with Gasteiger partial charge in [0.15, 0.2) is 0 Å². The third-order valence-electron chi connectivity index (χ3n) is 2.62. The highest BCUT2D eigenvalue weighted by Gasteiger charge is 2.23. The molecule has 0 N–H and O–H groups in total. The van der Waals surface area contributed by atoms with Crippen molar-refractivity contribution in [3.8, 4) is 0 Å². The van der Waals surface area contributed by atoms with Crippen LogP contribution >= 0.6 is 39.1 Å². The second-order valence-electron chi connectivity index (χ2n) is 4.02. The molecule has 1 aromatic carbocycles. The molecule has 0 unspecified atom stereocenters. The number of hydrogen-bond donors (Lipinski definition) is 0. The van der Waals surface area contributed by atoms with E-state index in [0.29, 0.717) is 22.6 Å². The summed E-state index contributed by atoms with van der Waals surface area (Å²) >= 11 is 14.8. The van der Waals surface area contributed by atoms with E-state index >= 15 is 0 Å². The zero-order chi connectivity index (χ0) is 14.5. The van der Waals surface area contributed by atoms with Gasteiger partial charge >= 0.3 is 0 Å². The Morgan fingerprint density at radius 2 is 2.00 bits per heavy atom. The van der Waals surface area contributed by atoms with Crippen molar-refractivity contribution in [2.75, 3.05) is 19.0 Å². The van der Waals surface area contributed by atoms with Gasteiger partial charge in [-0.05, 0) is 40.5 Å². The highest BCUT2D eigenvalue weighted by atomic mass is 79.9. The van der Waals surface area contributed by atoms with Crippen molar-refractivity contribution in [2.24, 2.45) is 0 Å². The Morgan fingerprint density at radius 3 is 2.53 bits per heavy atom. The van der Waals surface area contributed by atoms with Crippen molar-refractivity contribution in [1.82, 2.24) is 4.31 Å². The number of sulfonamides is 1. The van der Waals surface area contributed by atoms with Gasteiger partial charge in [0.1, 0.15) is 0 Å². The normalized spacial score (nSPS) is 12.1. The Hall–Kier alpha value is 0.190. The number of hydrogen-bond acceptors (Lipinski definition) is 2. The van der Waals surface area contributed by atoms with Crippen molar-refractivity contribution < 1.29 is 8.42 Å². The Morgan fingerprint density at radius 1 is 1.32 bits per heavy atom. The minimum absolute atomic E-state index is 0.227. The van der Waals surface area contributed by atoms with E-state index in [1.807, 2.05) is 6.92 Å². The molecule has 0 aliphatic heterocycles. The summed E-state index contributed by atoms with van der Waals surface area (Å²) < 4.78 is 27.0. The minimum atomic E-state index is -3.51. The first-order valence-electron chi connectivity index (χ1n) is 5.94. The van der Waals surface area contributed by atoms with E-state index in [2.05, 4.69) is 15.9 Å². The summed E-state index contributed by atoms with van der Waals surface area (Å²) in [5.74, 6) is 0.275. The second kappa shape index (κ2) is 7.84. The first-order valence-corrected chi connectivity index (χ1v) is 9.09. The number of alkyl halides is 1. The third-order valence-corrected chi connectivity index (χ3v) is 5.90. The van der Waals surface area contributed by atoms with E-state index in [0.717, 1.165) is 12.8 Å². The molecule has 0 bridgehead atoms. The van der Waals surface area contributed by atoms with Gasteiger partial charge in [-0.3, -0.25) is 0 Å². The van der Waals surface area contributed by atoms with Crippen LogP contribution in [0.1, 0.15) is 19.8 Å². The molecule has 0 radical (unpaired) electrons. The van der Waals surface area contributed by atoms with Crippen LogP contribution in [0.5, 0.6) is 0 Å². The highest BCUT2D eigenvalue weighted by Crippen LogP contribution is 2.27. The topological polar surface area (TPSA) is 37.4 Å². The predicted molar refractivity (Wildman–Crippen MR) is 83.5 cm³/mol. The van der Waals surface area contributed by atoms with Gasteiger partial charge in [0.2, 0.25) is 10.0 Å². The predicted octanol–water partition coefficient (Wildman–Crippen LogP) is 4.13. The van der Waals surface area contributed by atoms with E-state index < -0.39 is 10.0 Å². The lowest BCUT2D eigenvalue weighted by Gasteiger charge is -2.21. The lowest BCUT2D eigenvalue weighted by Crippen LogP contribution is -2.33. The van der Waals surface area contributed by atoms with Gasteiger partial charge in [-0.15, -0.1) is 11.6 Å². The molecule has 0 atom stereocenters. The number of unbranched alkanes of at least 4 members (excludes halogenated alkanes) is 1. The molecule has 0 aliphatic carbocycles. The van der Waals surface area contributed by atoms with E-state index in [9.17, 15) is 8.42 Å². The van der Waals surface area contributed by atoms with Crippen LogP contribution in [0.15, 0.2) is 27.6 Å². The van der Waals surface area contributed by atoms with E-state index in [1.54, 1.807) is 6.07 Å². The van der Waals surface area contributed by atoms with Crippen molar-refractivity contribution in [3.05, 3.63) is 27.7 Å². The molecular weight excluding hydrogens is 373 g/mol. The number of benzene rings is 1. The van der Waals surface area contributed by atoms with Gasteiger partial charge in [-0.25, -0.2) is 8.42 Å².